The van der Waals surface area contributed by atoms with Crippen molar-refractivity contribution in [1.29, 1.82) is 0 Å². The maximum absolute atomic E-state index is 12.2. The Morgan fingerprint density at radius 3 is 2.73 bits per heavy atom. The zero-order valence-electron chi connectivity index (χ0n) is 18.5. The van der Waals surface area contributed by atoms with Crippen molar-refractivity contribution >= 4 is 62.3 Å². The molecule has 0 radical (unpaired) electrons. The number of amides is 1. The SMILES string of the molecule is COc1cc(/C=N\NC(=O)CC2(C)SCCS2)cc(Br)c1OCc1cccc2ccccc12. The van der Waals surface area contributed by atoms with Crippen LogP contribution in [0.5, 0.6) is 11.5 Å². The van der Waals surface area contributed by atoms with Crippen LogP contribution in [0.25, 0.3) is 10.8 Å². The van der Waals surface area contributed by atoms with E-state index in [2.05, 4.69) is 57.6 Å². The number of hydrogen-bond acceptors (Lipinski definition) is 6. The second-order valence-electron chi connectivity index (χ2n) is 7.76. The van der Waals surface area contributed by atoms with Crippen molar-refractivity contribution in [3.8, 4) is 11.5 Å². The first-order chi connectivity index (χ1) is 16.0. The van der Waals surface area contributed by atoms with Gasteiger partial charge in [-0.3, -0.25) is 4.79 Å². The van der Waals surface area contributed by atoms with E-state index in [1.807, 2.05) is 53.9 Å². The number of nitrogens with zero attached hydrogens (tertiary/aromatic N) is 1. The Bertz CT molecular complexity index is 1170. The lowest BCUT2D eigenvalue weighted by Gasteiger charge is -2.19. The predicted octanol–water partition coefficient (Wildman–Crippen LogP) is 6.23. The van der Waals surface area contributed by atoms with E-state index in [0.29, 0.717) is 24.5 Å². The summed E-state index contributed by atoms with van der Waals surface area (Å²) in [6.45, 7) is 2.52. The summed E-state index contributed by atoms with van der Waals surface area (Å²) in [6, 6.07) is 18.2. The normalized spacial score (nSPS) is 15.1. The highest BCUT2D eigenvalue weighted by Gasteiger charge is 2.32. The van der Waals surface area contributed by atoms with Crippen LogP contribution in [0.1, 0.15) is 24.5 Å². The van der Waals surface area contributed by atoms with Gasteiger partial charge in [0.2, 0.25) is 5.91 Å². The molecular formula is C25H25BrN2O3S2. The summed E-state index contributed by atoms with van der Waals surface area (Å²) in [5, 5.41) is 6.47. The van der Waals surface area contributed by atoms with Crippen molar-refractivity contribution in [3.05, 3.63) is 70.2 Å². The molecule has 172 valence electrons. The van der Waals surface area contributed by atoms with Gasteiger partial charge in [-0.1, -0.05) is 42.5 Å². The van der Waals surface area contributed by atoms with Gasteiger partial charge in [0.15, 0.2) is 11.5 Å². The molecule has 3 aromatic carbocycles. The quantitative estimate of drug-likeness (QED) is 0.269. The molecule has 1 aliphatic rings. The van der Waals surface area contributed by atoms with Crippen LogP contribution in [0, 0.1) is 0 Å². The van der Waals surface area contributed by atoms with E-state index >= 15 is 0 Å². The molecule has 1 saturated heterocycles. The first kappa shape index (κ1) is 24.0. The van der Waals surface area contributed by atoms with Crippen LogP contribution in [0.3, 0.4) is 0 Å². The molecule has 33 heavy (non-hydrogen) atoms. The number of ether oxygens (including phenoxy) is 2. The van der Waals surface area contributed by atoms with E-state index in [4.69, 9.17) is 9.47 Å². The van der Waals surface area contributed by atoms with Gasteiger partial charge < -0.3 is 9.47 Å². The molecule has 5 nitrogen and oxygen atoms in total. The molecule has 1 heterocycles. The second kappa shape index (κ2) is 10.8. The summed E-state index contributed by atoms with van der Waals surface area (Å²) >= 11 is 7.25. The maximum Gasteiger partial charge on any atom is 0.242 e. The highest BCUT2D eigenvalue weighted by Crippen LogP contribution is 2.45. The van der Waals surface area contributed by atoms with Crippen molar-refractivity contribution in [3.63, 3.8) is 0 Å². The molecule has 1 N–H and O–H groups in total. The average molecular weight is 546 g/mol. The number of benzene rings is 3. The fourth-order valence-electron chi connectivity index (χ4n) is 3.69. The molecule has 0 unspecified atom stereocenters. The summed E-state index contributed by atoms with van der Waals surface area (Å²) in [4.78, 5) is 12.2. The number of hydrogen-bond donors (Lipinski definition) is 1. The van der Waals surface area contributed by atoms with Crippen molar-refractivity contribution in [2.24, 2.45) is 5.10 Å². The van der Waals surface area contributed by atoms with Crippen LogP contribution >= 0.6 is 39.5 Å². The summed E-state index contributed by atoms with van der Waals surface area (Å²) < 4.78 is 12.4. The summed E-state index contributed by atoms with van der Waals surface area (Å²) in [5.41, 5.74) is 4.52. The lowest BCUT2D eigenvalue weighted by atomic mass is 10.1. The number of nitrogens with one attached hydrogen (secondary N) is 1. The Morgan fingerprint density at radius 2 is 1.94 bits per heavy atom. The highest BCUT2D eigenvalue weighted by atomic mass is 79.9. The minimum atomic E-state index is -0.0864. The van der Waals surface area contributed by atoms with Crippen molar-refractivity contribution in [2.75, 3.05) is 18.6 Å². The third-order valence-corrected chi connectivity index (χ3v) is 9.17. The number of carbonyl (C=O) groups is 1. The Labute approximate surface area is 210 Å². The van der Waals surface area contributed by atoms with E-state index in [1.165, 1.54) is 5.39 Å². The van der Waals surface area contributed by atoms with Crippen LogP contribution in [0.4, 0.5) is 0 Å². The second-order valence-corrected chi connectivity index (χ2v) is 12.1. The summed E-state index contributed by atoms with van der Waals surface area (Å²) in [6.07, 6.45) is 2.05. The molecule has 4 rings (SSSR count). The number of hydrazone groups is 1. The molecule has 0 atom stereocenters. The molecular weight excluding hydrogens is 520 g/mol. The Morgan fingerprint density at radius 1 is 1.18 bits per heavy atom. The van der Waals surface area contributed by atoms with Gasteiger partial charge in [-0.2, -0.15) is 5.10 Å². The van der Waals surface area contributed by atoms with Crippen LogP contribution in [-0.2, 0) is 11.4 Å². The van der Waals surface area contributed by atoms with Gasteiger partial charge in [0.25, 0.3) is 0 Å². The van der Waals surface area contributed by atoms with Gasteiger partial charge in [-0.25, -0.2) is 5.43 Å². The number of carbonyl (C=O) groups excluding carboxylic acids is 1. The van der Waals surface area contributed by atoms with Gasteiger partial charge in [0.1, 0.15) is 6.61 Å². The Kier molecular flexibility index (Phi) is 7.88. The fourth-order valence-corrected chi connectivity index (χ4v) is 7.10. The van der Waals surface area contributed by atoms with Crippen molar-refractivity contribution in [2.45, 2.75) is 24.0 Å². The standard InChI is InChI=1S/C25H25BrN2O3S2/c1-25(32-10-11-33-25)14-23(29)28-27-15-17-12-21(26)24(22(13-17)30-2)31-16-19-8-5-7-18-6-3-4-9-20(18)19/h3-9,12-13,15H,10-11,14,16H2,1-2H3,(H,28,29)/b27-15-. The van der Waals surface area contributed by atoms with Crippen LogP contribution in [-0.4, -0.2) is 34.8 Å². The number of methoxy groups -OCH3 is 1. The van der Waals surface area contributed by atoms with Gasteiger partial charge in [0.05, 0.1) is 28.3 Å². The van der Waals surface area contributed by atoms with Crippen molar-refractivity contribution in [1.82, 2.24) is 5.43 Å². The molecule has 1 amide bonds. The van der Waals surface area contributed by atoms with Crippen LogP contribution in [0.2, 0.25) is 0 Å². The Balaban J connectivity index is 1.43. The lowest BCUT2D eigenvalue weighted by Crippen LogP contribution is -2.26. The summed E-state index contributed by atoms with van der Waals surface area (Å²) in [5.74, 6) is 3.29. The number of fused-ring (bicyclic) bond motifs is 1. The molecule has 3 aromatic rings. The number of rotatable bonds is 8. The largest absolute Gasteiger partial charge is 0.493 e. The minimum absolute atomic E-state index is 0.0606. The van der Waals surface area contributed by atoms with Gasteiger partial charge in [-0.15, -0.1) is 23.5 Å². The monoisotopic (exact) mass is 544 g/mol. The van der Waals surface area contributed by atoms with E-state index < -0.39 is 0 Å². The smallest absolute Gasteiger partial charge is 0.242 e. The minimum Gasteiger partial charge on any atom is -0.493 e. The molecule has 8 heteroatoms. The van der Waals surface area contributed by atoms with Crippen LogP contribution in [0.15, 0.2) is 64.2 Å². The molecule has 1 fully saturated rings. The molecule has 0 saturated carbocycles. The van der Waals surface area contributed by atoms with Crippen molar-refractivity contribution < 1.29 is 14.3 Å². The summed E-state index contributed by atoms with van der Waals surface area (Å²) in [7, 11) is 1.60. The third-order valence-electron chi connectivity index (χ3n) is 5.29. The maximum atomic E-state index is 12.2. The Hall–Kier alpha value is -2.16. The van der Waals surface area contributed by atoms with Crippen LogP contribution < -0.4 is 14.9 Å². The highest BCUT2D eigenvalue weighted by molar-refractivity contribution is 9.10. The first-order valence-corrected chi connectivity index (χ1v) is 13.3. The molecule has 1 aliphatic heterocycles. The zero-order chi connectivity index (χ0) is 23.3. The topological polar surface area (TPSA) is 59.9 Å². The van der Waals surface area contributed by atoms with Gasteiger partial charge in [-0.05, 0) is 56.9 Å². The molecule has 0 aliphatic carbocycles. The van der Waals surface area contributed by atoms with E-state index in [0.717, 1.165) is 32.5 Å². The third kappa shape index (κ3) is 6.05. The van der Waals surface area contributed by atoms with Gasteiger partial charge in [0, 0.05) is 11.5 Å². The van der Waals surface area contributed by atoms with E-state index in [1.54, 1.807) is 13.3 Å². The molecule has 0 bridgehead atoms. The molecule has 0 aromatic heterocycles. The zero-order valence-corrected chi connectivity index (χ0v) is 21.7. The number of thioether (sulfide) groups is 2. The number of halogens is 1. The van der Waals surface area contributed by atoms with E-state index in [-0.39, 0.29) is 9.99 Å². The predicted molar refractivity (Wildman–Crippen MR) is 143 cm³/mol. The average Bonchev–Trinajstić information content (AvgIpc) is 3.23. The van der Waals surface area contributed by atoms with E-state index in [9.17, 15) is 4.79 Å². The fraction of sp³-hybridized carbons (Fsp3) is 0.280. The van der Waals surface area contributed by atoms with Gasteiger partial charge >= 0.3 is 0 Å². The molecule has 0 spiro atoms. The lowest BCUT2D eigenvalue weighted by molar-refractivity contribution is -0.121. The first-order valence-electron chi connectivity index (χ1n) is 10.5.